The minimum absolute atomic E-state index is 0.599. The van der Waals surface area contributed by atoms with Gasteiger partial charge in [0.2, 0.25) is 11.9 Å². The maximum Gasteiger partial charge on any atom is 0.230 e. The van der Waals surface area contributed by atoms with Gasteiger partial charge in [0, 0.05) is 25.7 Å². The topological polar surface area (TPSA) is 53.9 Å². The van der Waals surface area contributed by atoms with Crippen molar-refractivity contribution >= 4 is 11.9 Å². The quantitative estimate of drug-likeness (QED) is 0.884. The number of aryl methyl sites for hydroxylation is 1. The summed E-state index contributed by atoms with van der Waals surface area (Å²) < 4.78 is 0. The normalized spacial score (nSPS) is 10.5. The number of hydrogen-bond acceptors (Lipinski definition) is 5. The Morgan fingerprint density at radius 2 is 1.62 bits per heavy atom. The number of rotatable bonds is 6. The van der Waals surface area contributed by atoms with Crippen LogP contribution in [0.3, 0.4) is 0 Å². The van der Waals surface area contributed by atoms with E-state index in [4.69, 9.17) is 0 Å². The van der Waals surface area contributed by atoms with Crippen molar-refractivity contribution in [1.82, 2.24) is 15.0 Å². The lowest BCUT2D eigenvalue weighted by Crippen LogP contribution is -2.25. The first-order chi connectivity index (χ1) is 10.2. The molecule has 112 valence electrons. The van der Waals surface area contributed by atoms with Gasteiger partial charge in [-0.1, -0.05) is 31.2 Å². The molecular formula is C16H23N5. The molecule has 1 aromatic heterocycles. The summed E-state index contributed by atoms with van der Waals surface area (Å²) in [4.78, 5) is 15.6. The molecule has 0 bridgehead atoms. The summed E-state index contributed by atoms with van der Waals surface area (Å²) in [6.45, 7) is 8.09. The van der Waals surface area contributed by atoms with Gasteiger partial charge >= 0.3 is 0 Å². The van der Waals surface area contributed by atoms with E-state index in [2.05, 4.69) is 70.2 Å². The molecule has 0 unspecified atom stereocenters. The second-order valence-corrected chi connectivity index (χ2v) is 4.76. The fourth-order valence-corrected chi connectivity index (χ4v) is 2.14. The van der Waals surface area contributed by atoms with E-state index in [0.29, 0.717) is 17.7 Å². The van der Waals surface area contributed by atoms with E-state index in [1.807, 2.05) is 7.05 Å². The van der Waals surface area contributed by atoms with Crippen LogP contribution >= 0.6 is 0 Å². The highest BCUT2D eigenvalue weighted by atomic mass is 15.3. The van der Waals surface area contributed by atoms with E-state index in [0.717, 1.165) is 25.1 Å². The van der Waals surface area contributed by atoms with Gasteiger partial charge in [0.25, 0.3) is 0 Å². The third-order valence-corrected chi connectivity index (χ3v) is 3.51. The second kappa shape index (κ2) is 7.02. The van der Waals surface area contributed by atoms with E-state index < -0.39 is 0 Å². The summed E-state index contributed by atoms with van der Waals surface area (Å²) in [6.07, 6.45) is 1.03. The molecule has 1 heterocycles. The average molecular weight is 285 g/mol. The van der Waals surface area contributed by atoms with E-state index >= 15 is 0 Å². The molecule has 0 aliphatic carbocycles. The van der Waals surface area contributed by atoms with Gasteiger partial charge in [0.15, 0.2) is 5.82 Å². The summed E-state index contributed by atoms with van der Waals surface area (Å²) in [7, 11) is 1.82. The van der Waals surface area contributed by atoms with Crippen molar-refractivity contribution in [3.63, 3.8) is 0 Å². The third kappa shape index (κ3) is 3.48. The minimum Gasteiger partial charge on any atom is -0.357 e. The first-order valence-electron chi connectivity index (χ1n) is 7.49. The molecule has 0 radical (unpaired) electrons. The van der Waals surface area contributed by atoms with Crippen molar-refractivity contribution in [2.45, 2.75) is 27.2 Å². The highest BCUT2D eigenvalue weighted by Crippen LogP contribution is 2.20. The Bertz CT molecular complexity index is 576. The number of nitrogens with one attached hydrogen (secondary N) is 1. The van der Waals surface area contributed by atoms with Gasteiger partial charge in [-0.25, -0.2) is 0 Å². The van der Waals surface area contributed by atoms with E-state index in [9.17, 15) is 0 Å². The Morgan fingerprint density at radius 3 is 2.14 bits per heavy atom. The van der Waals surface area contributed by atoms with Crippen LogP contribution in [-0.2, 0) is 6.42 Å². The fourth-order valence-electron chi connectivity index (χ4n) is 2.14. The Hall–Kier alpha value is -2.17. The Balaban J connectivity index is 2.44. The molecular weight excluding hydrogens is 262 g/mol. The molecule has 1 N–H and O–H groups in total. The molecule has 1 aromatic carbocycles. The summed E-state index contributed by atoms with van der Waals surface area (Å²) in [5.74, 6) is 2.02. The number of anilines is 2. The molecule has 0 aliphatic heterocycles. The molecule has 0 saturated carbocycles. The Labute approximate surface area is 126 Å². The number of aromatic nitrogens is 3. The van der Waals surface area contributed by atoms with Crippen molar-refractivity contribution in [2.24, 2.45) is 0 Å². The predicted molar refractivity (Wildman–Crippen MR) is 87.7 cm³/mol. The molecule has 0 fully saturated rings. The van der Waals surface area contributed by atoms with Gasteiger partial charge < -0.3 is 10.2 Å². The average Bonchev–Trinajstić information content (AvgIpc) is 2.55. The maximum absolute atomic E-state index is 4.61. The molecule has 21 heavy (non-hydrogen) atoms. The maximum atomic E-state index is 4.61. The summed E-state index contributed by atoms with van der Waals surface area (Å²) in [5.41, 5.74) is 2.32. The van der Waals surface area contributed by atoms with Crippen LogP contribution in [0.25, 0.3) is 11.4 Å². The van der Waals surface area contributed by atoms with Crippen LogP contribution < -0.4 is 10.2 Å². The van der Waals surface area contributed by atoms with Crippen LogP contribution in [0.2, 0.25) is 0 Å². The van der Waals surface area contributed by atoms with Gasteiger partial charge in [-0.2, -0.15) is 15.0 Å². The summed E-state index contributed by atoms with van der Waals surface area (Å²) >= 11 is 0. The molecule has 0 saturated heterocycles. The van der Waals surface area contributed by atoms with Crippen LogP contribution in [-0.4, -0.2) is 35.1 Å². The molecule has 2 aromatic rings. The zero-order valence-electron chi connectivity index (χ0n) is 13.2. The lowest BCUT2D eigenvalue weighted by Gasteiger charge is -2.19. The lowest BCUT2D eigenvalue weighted by molar-refractivity contribution is 0.815. The Morgan fingerprint density at radius 1 is 0.952 bits per heavy atom. The first-order valence-corrected chi connectivity index (χ1v) is 7.49. The van der Waals surface area contributed by atoms with Crippen LogP contribution in [0.5, 0.6) is 0 Å². The largest absolute Gasteiger partial charge is 0.357 e. The van der Waals surface area contributed by atoms with Gasteiger partial charge in [0.1, 0.15) is 0 Å². The van der Waals surface area contributed by atoms with Crippen molar-refractivity contribution in [3.05, 3.63) is 29.8 Å². The van der Waals surface area contributed by atoms with Gasteiger partial charge in [-0.05, 0) is 25.8 Å². The third-order valence-electron chi connectivity index (χ3n) is 3.51. The molecule has 0 aliphatic rings. The Kier molecular flexibility index (Phi) is 5.09. The summed E-state index contributed by atoms with van der Waals surface area (Å²) in [6, 6.07) is 8.38. The SMILES string of the molecule is CCc1ccc(-c2nc(NC)nc(N(CC)CC)n2)cc1. The molecule has 5 nitrogen and oxygen atoms in total. The molecule has 5 heteroatoms. The zero-order valence-corrected chi connectivity index (χ0v) is 13.2. The zero-order chi connectivity index (χ0) is 15.2. The van der Waals surface area contributed by atoms with Crippen molar-refractivity contribution in [1.29, 1.82) is 0 Å². The number of nitrogens with zero attached hydrogens (tertiary/aromatic N) is 4. The standard InChI is InChI=1S/C16H23N5/c1-5-12-8-10-13(11-9-12)14-18-15(17-4)20-16(19-14)21(6-2)7-3/h8-11H,5-7H2,1-4H3,(H,17,18,19,20). The minimum atomic E-state index is 0.599. The molecule has 0 spiro atoms. The monoisotopic (exact) mass is 285 g/mol. The van der Waals surface area contributed by atoms with Crippen LogP contribution in [0, 0.1) is 0 Å². The molecule has 0 atom stereocenters. The van der Waals surface area contributed by atoms with Crippen LogP contribution in [0.4, 0.5) is 11.9 Å². The highest BCUT2D eigenvalue weighted by Gasteiger charge is 2.11. The van der Waals surface area contributed by atoms with Gasteiger partial charge in [-0.3, -0.25) is 0 Å². The van der Waals surface area contributed by atoms with Gasteiger partial charge in [0.05, 0.1) is 0 Å². The summed E-state index contributed by atoms with van der Waals surface area (Å²) in [5, 5.41) is 3.01. The number of benzene rings is 1. The second-order valence-electron chi connectivity index (χ2n) is 4.76. The fraction of sp³-hybridized carbons (Fsp3) is 0.438. The van der Waals surface area contributed by atoms with Crippen molar-refractivity contribution in [3.8, 4) is 11.4 Å². The van der Waals surface area contributed by atoms with Crippen molar-refractivity contribution in [2.75, 3.05) is 30.4 Å². The first kappa shape index (κ1) is 15.2. The molecule has 2 rings (SSSR count). The van der Waals surface area contributed by atoms with Crippen molar-refractivity contribution < 1.29 is 0 Å². The van der Waals surface area contributed by atoms with Crippen LogP contribution in [0.15, 0.2) is 24.3 Å². The highest BCUT2D eigenvalue weighted by molar-refractivity contribution is 5.58. The van der Waals surface area contributed by atoms with E-state index in [1.54, 1.807) is 0 Å². The molecule has 0 amide bonds. The van der Waals surface area contributed by atoms with Crippen LogP contribution in [0.1, 0.15) is 26.3 Å². The number of hydrogen-bond donors (Lipinski definition) is 1. The predicted octanol–water partition coefficient (Wildman–Crippen LogP) is 2.99. The lowest BCUT2D eigenvalue weighted by atomic mass is 10.1. The van der Waals surface area contributed by atoms with Gasteiger partial charge in [-0.15, -0.1) is 0 Å². The smallest absolute Gasteiger partial charge is 0.230 e. The van der Waals surface area contributed by atoms with E-state index in [1.165, 1.54) is 5.56 Å². The van der Waals surface area contributed by atoms with E-state index in [-0.39, 0.29) is 0 Å².